The van der Waals surface area contributed by atoms with Gasteiger partial charge in [0.25, 0.3) is 0 Å². The van der Waals surface area contributed by atoms with E-state index in [1.807, 2.05) is 27.7 Å². The second-order valence-electron chi connectivity index (χ2n) is 10.3. The summed E-state index contributed by atoms with van der Waals surface area (Å²) >= 11 is 0. The van der Waals surface area contributed by atoms with E-state index >= 15 is 0 Å². The van der Waals surface area contributed by atoms with Crippen LogP contribution in [0.2, 0.25) is 0 Å². The summed E-state index contributed by atoms with van der Waals surface area (Å²) in [7, 11) is 0. The van der Waals surface area contributed by atoms with Gasteiger partial charge in [0.05, 0.1) is 11.1 Å². The standard InChI is InChI=1S/C24H34O6/c1-23(2)11-17(27)21(18(28)12-23)15(25)9-7-5-6-8-10-16(26)22-19(29)13-24(3,4)14-20(22)30/h25-26H,5-14H2,1-4H3. The Kier molecular flexibility index (Phi) is 7.43. The van der Waals surface area contributed by atoms with Gasteiger partial charge in [-0.1, -0.05) is 40.5 Å². The monoisotopic (exact) mass is 418 g/mol. The van der Waals surface area contributed by atoms with Gasteiger partial charge in [0, 0.05) is 38.5 Å². The van der Waals surface area contributed by atoms with Gasteiger partial charge in [0.15, 0.2) is 23.1 Å². The molecule has 166 valence electrons. The van der Waals surface area contributed by atoms with Crippen molar-refractivity contribution in [1.82, 2.24) is 0 Å². The number of unbranched alkanes of at least 4 members (excludes halogenated alkanes) is 3. The number of Topliss-reactive ketones (excluding diaryl/α,β-unsaturated/α-hetero) is 4. The average Bonchev–Trinajstić information content (AvgIpc) is 2.54. The van der Waals surface area contributed by atoms with Crippen LogP contribution in [-0.4, -0.2) is 33.3 Å². The van der Waals surface area contributed by atoms with E-state index in [1.165, 1.54) is 0 Å². The third-order valence-electron chi connectivity index (χ3n) is 5.83. The molecule has 0 atom stereocenters. The van der Waals surface area contributed by atoms with Gasteiger partial charge in [-0.25, -0.2) is 0 Å². The van der Waals surface area contributed by atoms with Gasteiger partial charge in [0.1, 0.15) is 11.5 Å². The molecule has 0 bridgehead atoms. The molecule has 6 heteroatoms. The van der Waals surface area contributed by atoms with Crippen LogP contribution in [-0.2, 0) is 19.2 Å². The minimum absolute atomic E-state index is 0.0334. The predicted molar refractivity (Wildman–Crippen MR) is 113 cm³/mol. The molecule has 6 nitrogen and oxygen atoms in total. The lowest BCUT2D eigenvalue weighted by Crippen LogP contribution is -2.32. The van der Waals surface area contributed by atoms with Gasteiger partial charge in [-0.05, 0) is 23.7 Å². The molecule has 0 aliphatic heterocycles. The molecule has 0 heterocycles. The summed E-state index contributed by atoms with van der Waals surface area (Å²) in [6.45, 7) is 7.49. The van der Waals surface area contributed by atoms with Crippen LogP contribution in [0.3, 0.4) is 0 Å². The molecule has 2 aliphatic carbocycles. The SMILES string of the molecule is CC1(C)CC(=O)C(=C(O)CCCCCCC(O)=C2C(=O)CC(C)(C)CC2=O)C(=O)C1. The normalized spacial score (nSPS) is 21.2. The molecule has 0 amide bonds. The first kappa shape index (κ1) is 24.0. The molecule has 0 aromatic carbocycles. The fourth-order valence-electron chi connectivity index (χ4n) is 4.36. The molecular weight excluding hydrogens is 384 g/mol. The molecule has 0 spiro atoms. The van der Waals surface area contributed by atoms with Crippen LogP contribution < -0.4 is 0 Å². The largest absolute Gasteiger partial charge is 0.511 e. The zero-order valence-corrected chi connectivity index (χ0v) is 18.6. The van der Waals surface area contributed by atoms with E-state index < -0.39 is 0 Å². The first-order valence-electron chi connectivity index (χ1n) is 10.8. The molecule has 0 aromatic heterocycles. The van der Waals surface area contributed by atoms with Crippen LogP contribution in [0, 0.1) is 10.8 Å². The summed E-state index contributed by atoms with van der Waals surface area (Å²) in [5.74, 6) is -1.37. The van der Waals surface area contributed by atoms with E-state index in [1.54, 1.807) is 0 Å². The Hall–Kier alpha value is -2.24. The number of aliphatic hydroxyl groups excluding tert-OH is 2. The number of rotatable bonds is 7. The maximum absolute atomic E-state index is 12.2. The zero-order valence-electron chi connectivity index (χ0n) is 18.6. The quantitative estimate of drug-likeness (QED) is 0.264. The van der Waals surface area contributed by atoms with Crippen molar-refractivity contribution in [2.24, 2.45) is 10.8 Å². The fraction of sp³-hybridized carbons (Fsp3) is 0.667. The Balaban J connectivity index is 1.79. The van der Waals surface area contributed by atoms with Crippen molar-refractivity contribution in [2.75, 3.05) is 0 Å². The summed E-state index contributed by atoms with van der Waals surface area (Å²) in [4.78, 5) is 48.8. The highest BCUT2D eigenvalue weighted by atomic mass is 16.3. The van der Waals surface area contributed by atoms with Gasteiger partial charge in [-0.3, -0.25) is 19.2 Å². The van der Waals surface area contributed by atoms with E-state index in [0.29, 0.717) is 12.8 Å². The van der Waals surface area contributed by atoms with Gasteiger partial charge < -0.3 is 10.2 Å². The van der Waals surface area contributed by atoms with Crippen molar-refractivity contribution >= 4 is 23.1 Å². The molecule has 2 aliphatic rings. The molecule has 2 fully saturated rings. The Morgan fingerprint density at radius 3 is 1.13 bits per heavy atom. The number of ketones is 4. The molecule has 30 heavy (non-hydrogen) atoms. The molecule has 2 saturated carbocycles. The summed E-state index contributed by atoms with van der Waals surface area (Å²) < 4.78 is 0. The molecular formula is C24H34O6. The molecule has 2 rings (SSSR count). The highest BCUT2D eigenvalue weighted by Crippen LogP contribution is 2.36. The van der Waals surface area contributed by atoms with E-state index in [-0.39, 0.29) is 95.2 Å². The molecule has 0 aromatic rings. The maximum atomic E-state index is 12.2. The lowest BCUT2D eigenvalue weighted by atomic mass is 9.73. The smallest absolute Gasteiger partial charge is 0.170 e. The number of aliphatic hydroxyl groups is 2. The fourth-order valence-corrected chi connectivity index (χ4v) is 4.36. The van der Waals surface area contributed by atoms with Gasteiger partial charge in [-0.2, -0.15) is 0 Å². The van der Waals surface area contributed by atoms with Gasteiger partial charge in [0.2, 0.25) is 0 Å². The number of carbonyl (C=O) groups is 4. The van der Waals surface area contributed by atoms with Crippen molar-refractivity contribution in [3.63, 3.8) is 0 Å². The minimum Gasteiger partial charge on any atom is -0.511 e. The first-order chi connectivity index (χ1) is 13.8. The average molecular weight is 419 g/mol. The predicted octanol–water partition coefficient (Wildman–Crippen LogP) is 4.87. The van der Waals surface area contributed by atoms with E-state index in [2.05, 4.69) is 0 Å². The number of allylic oxidation sites excluding steroid dienone is 4. The molecule has 0 unspecified atom stereocenters. The van der Waals surface area contributed by atoms with Crippen LogP contribution in [0.1, 0.15) is 91.9 Å². The molecule has 2 N–H and O–H groups in total. The minimum atomic E-state index is -0.356. The van der Waals surface area contributed by atoms with E-state index in [0.717, 1.165) is 12.8 Å². The summed E-state index contributed by atoms with van der Waals surface area (Å²) in [5, 5.41) is 20.4. The number of carbonyl (C=O) groups excluding carboxylic acids is 4. The second kappa shape index (κ2) is 9.27. The third-order valence-corrected chi connectivity index (χ3v) is 5.83. The van der Waals surface area contributed by atoms with Crippen LogP contribution in [0.25, 0.3) is 0 Å². The highest BCUT2D eigenvalue weighted by molar-refractivity contribution is 6.23. The third kappa shape index (κ3) is 6.13. The summed E-state index contributed by atoms with van der Waals surface area (Å²) in [5.41, 5.74) is -0.778. The second-order valence-corrected chi connectivity index (χ2v) is 10.3. The van der Waals surface area contributed by atoms with Crippen LogP contribution in [0.5, 0.6) is 0 Å². The highest BCUT2D eigenvalue weighted by Gasteiger charge is 2.38. The van der Waals surface area contributed by atoms with E-state index in [9.17, 15) is 29.4 Å². The Morgan fingerprint density at radius 1 is 0.600 bits per heavy atom. The Morgan fingerprint density at radius 2 is 0.867 bits per heavy atom. The van der Waals surface area contributed by atoms with Gasteiger partial charge >= 0.3 is 0 Å². The first-order valence-corrected chi connectivity index (χ1v) is 10.8. The van der Waals surface area contributed by atoms with E-state index in [4.69, 9.17) is 0 Å². The zero-order chi connectivity index (χ0) is 22.7. The van der Waals surface area contributed by atoms with Crippen molar-refractivity contribution in [2.45, 2.75) is 91.9 Å². The molecule has 0 saturated heterocycles. The summed E-state index contributed by atoms with van der Waals surface area (Å²) in [6, 6.07) is 0. The van der Waals surface area contributed by atoms with Gasteiger partial charge in [-0.15, -0.1) is 0 Å². The maximum Gasteiger partial charge on any atom is 0.170 e. The lowest BCUT2D eigenvalue weighted by Gasteiger charge is -2.29. The van der Waals surface area contributed by atoms with Crippen molar-refractivity contribution < 1.29 is 29.4 Å². The Bertz CT molecular complexity index is 698. The van der Waals surface area contributed by atoms with Crippen LogP contribution in [0.4, 0.5) is 0 Å². The van der Waals surface area contributed by atoms with Crippen molar-refractivity contribution in [1.29, 1.82) is 0 Å². The number of hydrogen-bond donors (Lipinski definition) is 2. The van der Waals surface area contributed by atoms with Crippen LogP contribution in [0.15, 0.2) is 22.7 Å². The topological polar surface area (TPSA) is 109 Å². The summed E-state index contributed by atoms with van der Waals surface area (Å²) in [6.07, 6.45) is 4.30. The molecule has 0 radical (unpaired) electrons. The Labute approximate surface area is 178 Å². The van der Waals surface area contributed by atoms with Crippen LogP contribution >= 0.6 is 0 Å². The number of hydrogen-bond acceptors (Lipinski definition) is 6. The lowest BCUT2D eigenvalue weighted by molar-refractivity contribution is -0.129. The van der Waals surface area contributed by atoms with Crippen molar-refractivity contribution in [3.8, 4) is 0 Å². The van der Waals surface area contributed by atoms with Crippen molar-refractivity contribution in [3.05, 3.63) is 22.7 Å².